The number of halogens is 3. The molecule has 3 aromatic rings. The van der Waals surface area contributed by atoms with Gasteiger partial charge < -0.3 is 4.74 Å². The number of ether oxygens (including phenoxy) is 1. The minimum atomic E-state index is -4.41. The minimum Gasteiger partial charge on any atom is -0.484 e. The van der Waals surface area contributed by atoms with Crippen molar-refractivity contribution in [1.82, 2.24) is 9.88 Å². The van der Waals surface area contributed by atoms with Gasteiger partial charge in [0.2, 0.25) is 0 Å². The van der Waals surface area contributed by atoms with Gasteiger partial charge in [0.1, 0.15) is 5.75 Å². The number of alkyl halides is 3. The van der Waals surface area contributed by atoms with Crippen LogP contribution in [0.15, 0.2) is 54.6 Å². The molecule has 0 fully saturated rings. The number of amides is 1. The maximum absolute atomic E-state index is 12.6. The molecule has 1 amide bonds. The first-order valence-electron chi connectivity index (χ1n) is 9.71. The number of benzene rings is 2. The molecule has 1 N–H and O–H groups in total. The third kappa shape index (κ3) is 5.62. The van der Waals surface area contributed by atoms with Gasteiger partial charge in [0, 0.05) is 30.9 Å². The van der Waals surface area contributed by atoms with Gasteiger partial charge in [-0.3, -0.25) is 15.0 Å². The Labute approximate surface area is 181 Å². The molecule has 0 spiro atoms. The zero-order valence-corrected chi connectivity index (χ0v) is 17.3. The summed E-state index contributed by atoms with van der Waals surface area (Å²) in [5.74, 6) is -0.217. The lowest BCUT2D eigenvalue weighted by molar-refractivity contribution is -0.137. The van der Waals surface area contributed by atoms with E-state index >= 15 is 0 Å². The average Bonchev–Trinajstić information content (AvgIpc) is 3.14. The Hall–Kier alpha value is -2.91. The summed E-state index contributed by atoms with van der Waals surface area (Å²) < 4.78 is 43.1. The van der Waals surface area contributed by atoms with Crippen molar-refractivity contribution in [2.75, 3.05) is 18.5 Å². The molecule has 4 rings (SSSR count). The fourth-order valence-corrected chi connectivity index (χ4v) is 4.39. The maximum Gasteiger partial charge on any atom is 0.416 e. The van der Waals surface area contributed by atoms with E-state index in [1.807, 2.05) is 18.2 Å². The van der Waals surface area contributed by atoms with E-state index in [-0.39, 0.29) is 12.4 Å². The molecule has 1 aromatic heterocycles. The predicted molar refractivity (Wildman–Crippen MR) is 112 cm³/mol. The molecule has 162 valence electrons. The number of fused-ring (bicyclic) bond motifs is 1. The molecule has 0 saturated carbocycles. The van der Waals surface area contributed by atoms with Gasteiger partial charge in [-0.2, -0.15) is 13.2 Å². The summed E-state index contributed by atoms with van der Waals surface area (Å²) in [6.45, 7) is 2.23. The first kappa shape index (κ1) is 21.3. The van der Waals surface area contributed by atoms with E-state index in [1.54, 1.807) is 0 Å². The molecule has 1 aliphatic rings. The Morgan fingerprint density at radius 2 is 1.87 bits per heavy atom. The Kier molecular flexibility index (Phi) is 6.24. The van der Waals surface area contributed by atoms with Crippen LogP contribution in [-0.4, -0.2) is 28.9 Å². The first-order valence-corrected chi connectivity index (χ1v) is 10.5. The third-order valence-electron chi connectivity index (χ3n) is 4.86. The van der Waals surface area contributed by atoms with Gasteiger partial charge >= 0.3 is 6.18 Å². The number of nitrogens with one attached hydrogen (secondary N) is 1. The summed E-state index contributed by atoms with van der Waals surface area (Å²) in [6.07, 6.45) is -3.59. The van der Waals surface area contributed by atoms with Gasteiger partial charge in [-0.25, -0.2) is 4.98 Å². The second-order valence-electron chi connectivity index (χ2n) is 7.19. The molecule has 0 radical (unpaired) electrons. The number of aromatic nitrogens is 1. The molecule has 1 aliphatic heterocycles. The number of carbonyl (C=O) groups is 1. The summed E-state index contributed by atoms with van der Waals surface area (Å²) in [6, 6.07) is 14.5. The molecule has 2 heterocycles. The third-order valence-corrected chi connectivity index (χ3v) is 5.86. The van der Waals surface area contributed by atoms with Gasteiger partial charge in [0.15, 0.2) is 11.7 Å². The van der Waals surface area contributed by atoms with Crippen LogP contribution in [0.2, 0.25) is 0 Å². The van der Waals surface area contributed by atoms with Crippen LogP contribution >= 0.6 is 11.3 Å². The van der Waals surface area contributed by atoms with E-state index < -0.39 is 17.6 Å². The zero-order valence-electron chi connectivity index (χ0n) is 16.5. The van der Waals surface area contributed by atoms with Crippen LogP contribution in [0.5, 0.6) is 5.75 Å². The van der Waals surface area contributed by atoms with Crippen molar-refractivity contribution in [2.24, 2.45) is 0 Å². The molecule has 0 unspecified atom stereocenters. The topological polar surface area (TPSA) is 54.5 Å². The second kappa shape index (κ2) is 9.07. The molecule has 9 heteroatoms. The van der Waals surface area contributed by atoms with E-state index in [1.165, 1.54) is 29.0 Å². The van der Waals surface area contributed by atoms with E-state index in [0.29, 0.717) is 5.13 Å². The Balaban J connectivity index is 1.29. The van der Waals surface area contributed by atoms with Gasteiger partial charge in [0.25, 0.3) is 5.91 Å². The highest BCUT2D eigenvalue weighted by atomic mass is 32.1. The smallest absolute Gasteiger partial charge is 0.416 e. The fraction of sp³-hybridized carbons (Fsp3) is 0.273. The molecule has 2 aromatic carbocycles. The van der Waals surface area contributed by atoms with Crippen LogP contribution < -0.4 is 10.1 Å². The lowest BCUT2D eigenvalue weighted by Gasteiger charge is -2.25. The maximum atomic E-state index is 12.6. The summed E-state index contributed by atoms with van der Waals surface area (Å²) in [5.41, 5.74) is 1.48. The molecular weight excluding hydrogens is 427 g/mol. The lowest BCUT2D eigenvalue weighted by Crippen LogP contribution is -2.29. The van der Waals surface area contributed by atoms with E-state index in [9.17, 15) is 18.0 Å². The fourth-order valence-electron chi connectivity index (χ4n) is 3.32. The standard InChI is InChI=1S/C22H20F3N3O2S/c23-22(24,25)16-6-8-17(9-7-16)30-14-20(29)27-21-26-18-10-11-28(13-19(18)31-21)12-15-4-2-1-3-5-15/h1-9H,10-14H2,(H,26,27,29). The van der Waals surface area contributed by atoms with Crippen LogP contribution in [0.25, 0.3) is 0 Å². The summed E-state index contributed by atoms with van der Waals surface area (Å²) in [4.78, 5) is 20.1. The van der Waals surface area contributed by atoms with Gasteiger partial charge in [-0.15, -0.1) is 11.3 Å². The molecule has 0 bridgehead atoms. The van der Waals surface area contributed by atoms with Crippen LogP contribution in [0, 0.1) is 0 Å². The Morgan fingerprint density at radius 3 is 2.58 bits per heavy atom. The zero-order chi connectivity index (χ0) is 21.8. The predicted octanol–water partition coefficient (Wildman–Crippen LogP) is 4.74. The molecule has 31 heavy (non-hydrogen) atoms. The van der Waals surface area contributed by atoms with E-state index in [0.717, 1.165) is 48.8 Å². The van der Waals surface area contributed by atoms with Crippen molar-refractivity contribution in [2.45, 2.75) is 25.7 Å². The van der Waals surface area contributed by atoms with Gasteiger partial charge in [-0.1, -0.05) is 30.3 Å². The highest BCUT2D eigenvalue weighted by Gasteiger charge is 2.30. The number of hydrogen-bond acceptors (Lipinski definition) is 5. The number of nitrogens with zero attached hydrogens (tertiary/aromatic N) is 2. The average molecular weight is 447 g/mol. The summed E-state index contributed by atoms with van der Waals surface area (Å²) in [7, 11) is 0. The minimum absolute atomic E-state index is 0.193. The second-order valence-corrected chi connectivity index (χ2v) is 8.28. The highest BCUT2D eigenvalue weighted by Crippen LogP contribution is 2.31. The van der Waals surface area contributed by atoms with Crippen LogP contribution in [0.3, 0.4) is 0 Å². The van der Waals surface area contributed by atoms with Crippen molar-refractivity contribution in [1.29, 1.82) is 0 Å². The molecule has 5 nitrogen and oxygen atoms in total. The van der Waals surface area contributed by atoms with Crippen LogP contribution in [0.4, 0.5) is 18.3 Å². The van der Waals surface area contributed by atoms with E-state index in [2.05, 4.69) is 27.3 Å². The van der Waals surface area contributed by atoms with Crippen molar-refractivity contribution in [3.05, 3.63) is 76.3 Å². The largest absolute Gasteiger partial charge is 0.484 e. The molecule has 0 atom stereocenters. The monoisotopic (exact) mass is 447 g/mol. The van der Waals surface area contributed by atoms with Crippen LogP contribution in [0.1, 0.15) is 21.7 Å². The molecular formula is C22H20F3N3O2S. The normalized spacial score (nSPS) is 14.2. The van der Waals surface area contributed by atoms with Crippen molar-refractivity contribution in [3.63, 3.8) is 0 Å². The van der Waals surface area contributed by atoms with Crippen LogP contribution in [-0.2, 0) is 30.5 Å². The summed E-state index contributed by atoms with van der Waals surface area (Å²) in [5, 5.41) is 3.22. The SMILES string of the molecule is O=C(COc1ccc(C(F)(F)F)cc1)Nc1nc2c(s1)CN(Cc1ccccc1)CC2. The van der Waals surface area contributed by atoms with Gasteiger partial charge in [-0.05, 0) is 29.8 Å². The van der Waals surface area contributed by atoms with Crippen molar-refractivity contribution >= 4 is 22.4 Å². The van der Waals surface area contributed by atoms with Crippen molar-refractivity contribution in [3.8, 4) is 5.75 Å². The first-order chi connectivity index (χ1) is 14.9. The lowest BCUT2D eigenvalue weighted by atomic mass is 10.1. The number of anilines is 1. The molecule has 0 aliphatic carbocycles. The van der Waals surface area contributed by atoms with Crippen molar-refractivity contribution < 1.29 is 22.7 Å². The quantitative estimate of drug-likeness (QED) is 0.593. The van der Waals surface area contributed by atoms with Gasteiger partial charge in [0.05, 0.1) is 11.3 Å². The van der Waals surface area contributed by atoms with E-state index in [4.69, 9.17) is 4.74 Å². The number of carbonyl (C=O) groups excluding carboxylic acids is 1. The number of thiazole rings is 1. The summed E-state index contributed by atoms with van der Waals surface area (Å²) >= 11 is 1.44. The highest BCUT2D eigenvalue weighted by molar-refractivity contribution is 7.15. The Bertz CT molecular complexity index is 1040. The number of hydrogen-bond donors (Lipinski definition) is 1. The molecule has 0 saturated heterocycles. The Morgan fingerprint density at radius 1 is 1.13 bits per heavy atom. The number of rotatable bonds is 6.